The Labute approximate surface area is 443 Å². The molecule has 0 aromatic heterocycles. The summed E-state index contributed by atoms with van der Waals surface area (Å²) in [5, 5.41) is 56.6. The molecule has 1 fully saturated rings. The first-order valence-corrected chi connectivity index (χ1v) is 28.7. The molecule has 0 aromatic rings. The number of carbonyl (C=O) groups is 2. The van der Waals surface area contributed by atoms with Crippen LogP contribution in [0.25, 0.3) is 0 Å². The number of amides is 1. The molecule has 0 aromatic carbocycles. The number of allylic oxidation sites excluding steroid dienone is 16. The lowest BCUT2D eigenvalue weighted by molar-refractivity contribution is -0.305. The van der Waals surface area contributed by atoms with E-state index >= 15 is 0 Å². The predicted octanol–water partition coefficient (Wildman–Crippen LogP) is 12.9. The smallest absolute Gasteiger partial charge is 0.306 e. The first-order chi connectivity index (χ1) is 35.7. The molecule has 6 N–H and O–H groups in total. The molecule has 73 heavy (non-hydrogen) atoms. The number of ether oxygens (including phenoxy) is 3. The molecule has 1 heterocycles. The molecule has 11 nitrogen and oxygen atoms in total. The first-order valence-electron chi connectivity index (χ1n) is 28.7. The van der Waals surface area contributed by atoms with E-state index < -0.39 is 67.4 Å². The number of carbonyl (C=O) groups excluding carboxylic acids is 2. The van der Waals surface area contributed by atoms with Crippen molar-refractivity contribution in [3.63, 3.8) is 0 Å². The topological polar surface area (TPSA) is 175 Å². The van der Waals surface area contributed by atoms with Crippen molar-refractivity contribution in [2.24, 2.45) is 0 Å². The van der Waals surface area contributed by atoms with Gasteiger partial charge in [0.15, 0.2) is 12.4 Å². The maximum atomic E-state index is 13.3. The summed E-state index contributed by atoms with van der Waals surface area (Å²) in [6, 6.07) is -1.07. The van der Waals surface area contributed by atoms with E-state index in [4.69, 9.17) is 14.2 Å². The van der Waals surface area contributed by atoms with Crippen LogP contribution in [0.15, 0.2) is 109 Å². The van der Waals surface area contributed by atoms with E-state index in [1.54, 1.807) is 12.2 Å². The average Bonchev–Trinajstić information content (AvgIpc) is 3.39. The third-order valence-corrected chi connectivity index (χ3v) is 12.7. The van der Waals surface area contributed by atoms with Crippen LogP contribution in [0.4, 0.5) is 0 Å². The summed E-state index contributed by atoms with van der Waals surface area (Å²) >= 11 is 0. The van der Waals surface area contributed by atoms with Crippen LogP contribution < -0.4 is 5.32 Å². The van der Waals surface area contributed by atoms with Gasteiger partial charge in [-0.1, -0.05) is 226 Å². The summed E-state index contributed by atoms with van der Waals surface area (Å²) in [6.07, 6.45) is 55.9. The van der Waals surface area contributed by atoms with E-state index in [2.05, 4.69) is 99.0 Å². The van der Waals surface area contributed by atoms with Gasteiger partial charge >= 0.3 is 5.97 Å². The Morgan fingerprint density at radius 1 is 0.548 bits per heavy atom. The van der Waals surface area contributed by atoms with Crippen molar-refractivity contribution in [1.82, 2.24) is 5.32 Å². The Morgan fingerprint density at radius 2 is 0.986 bits per heavy atom. The molecule has 1 amide bonds. The minimum Gasteiger partial charge on any atom is -0.454 e. The number of hydrogen-bond donors (Lipinski definition) is 6. The fourth-order valence-electron chi connectivity index (χ4n) is 8.13. The number of nitrogens with one attached hydrogen (secondary N) is 1. The van der Waals surface area contributed by atoms with E-state index in [0.717, 1.165) is 64.2 Å². The third kappa shape index (κ3) is 37.7. The van der Waals surface area contributed by atoms with Gasteiger partial charge in [0.05, 0.1) is 25.4 Å². The number of unbranched alkanes of at least 4 members (excludes halogenated alkanes) is 17. The minimum absolute atomic E-state index is 0.0131. The quantitative estimate of drug-likeness (QED) is 0.0196. The Hall–Kier alpha value is -3.68. The highest BCUT2D eigenvalue weighted by Crippen LogP contribution is 2.26. The first kappa shape index (κ1) is 67.3. The van der Waals surface area contributed by atoms with Gasteiger partial charge < -0.3 is 45.1 Å². The van der Waals surface area contributed by atoms with E-state index in [9.17, 15) is 35.1 Å². The Kier molecular flexibility index (Phi) is 45.4. The fraction of sp³-hybridized carbons (Fsp3) is 0.677. The van der Waals surface area contributed by atoms with Gasteiger partial charge in [-0.05, 0) is 77.0 Å². The molecular weight excluding hydrogens is 919 g/mol. The summed E-state index contributed by atoms with van der Waals surface area (Å²) < 4.78 is 17.5. The number of esters is 1. The molecule has 11 heteroatoms. The van der Waals surface area contributed by atoms with Crippen LogP contribution in [-0.2, 0) is 23.8 Å². The van der Waals surface area contributed by atoms with E-state index in [-0.39, 0.29) is 19.4 Å². The maximum Gasteiger partial charge on any atom is 0.306 e. The lowest BCUT2D eigenvalue weighted by Gasteiger charge is -2.41. The van der Waals surface area contributed by atoms with Gasteiger partial charge in [0, 0.05) is 12.8 Å². The highest BCUT2D eigenvalue weighted by atomic mass is 16.7. The van der Waals surface area contributed by atoms with Gasteiger partial charge in [-0.15, -0.1) is 0 Å². The molecule has 0 radical (unpaired) electrons. The molecule has 0 bridgehead atoms. The van der Waals surface area contributed by atoms with Crippen molar-refractivity contribution in [3.05, 3.63) is 109 Å². The maximum absolute atomic E-state index is 13.3. The molecular formula is C62H103NO10. The molecule has 1 aliphatic heterocycles. The lowest BCUT2D eigenvalue weighted by Crippen LogP contribution is -2.61. The van der Waals surface area contributed by atoms with Crippen molar-refractivity contribution in [2.45, 2.75) is 256 Å². The summed E-state index contributed by atoms with van der Waals surface area (Å²) in [6.45, 7) is 5.56. The van der Waals surface area contributed by atoms with Crippen molar-refractivity contribution in [2.75, 3.05) is 13.2 Å². The zero-order valence-electron chi connectivity index (χ0n) is 45.7. The average molecular weight is 1020 g/mol. The monoisotopic (exact) mass is 1020 g/mol. The van der Waals surface area contributed by atoms with Gasteiger partial charge in [0.2, 0.25) is 5.91 Å². The molecule has 0 spiro atoms. The van der Waals surface area contributed by atoms with Gasteiger partial charge in [-0.2, -0.15) is 0 Å². The Bertz CT molecular complexity index is 1600. The van der Waals surface area contributed by atoms with E-state index in [1.165, 1.54) is 89.9 Å². The van der Waals surface area contributed by atoms with Crippen molar-refractivity contribution in [3.8, 4) is 0 Å². The summed E-state index contributed by atoms with van der Waals surface area (Å²) in [7, 11) is 0. The van der Waals surface area contributed by atoms with Crippen LogP contribution in [0.5, 0.6) is 0 Å². The van der Waals surface area contributed by atoms with Crippen molar-refractivity contribution in [1.29, 1.82) is 0 Å². The van der Waals surface area contributed by atoms with Gasteiger partial charge in [-0.25, -0.2) is 0 Å². The van der Waals surface area contributed by atoms with Crippen LogP contribution in [0.2, 0.25) is 0 Å². The second-order valence-electron chi connectivity index (χ2n) is 19.3. The van der Waals surface area contributed by atoms with Crippen LogP contribution in [0.3, 0.4) is 0 Å². The van der Waals surface area contributed by atoms with Gasteiger partial charge in [-0.3, -0.25) is 9.59 Å². The zero-order chi connectivity index (χ0) is 53.3. The van der Waals surface area contributed by atoms with Crippen molar-refractivity contribution >= 4 is 11.9 Å². The normalized spacial score (nSPS) is 20.2. The SMILES string of the molecule is CC/C=C\C/C=C\C/C=C\C/C=C\C/C=C\C/C=C\CCC(=O)OC1C(OCC(NC(=O)C(O)C/C=C/C/C=C\CCCCCCCC)C(O)/C=C/CCCCCCCCCCCCC)OC(CO)C(O)C1O. The van der Waals surface area contributed by atoms with Crippen LogP contribution >= 0.6 is 0 Å². The minimum atomic E-state index is -1.66. The number of rotatable bonds is 46. The molecule has 0 saturated carbocycles. The zero-order valence-corrected chi connectivity index (χ0v) is 45.7. The molecule has 416 valence electrons. The standard InChI is InChI=1S/C62H103NO10/c1-4-7-10-13-16-19-22-25-26-27-28-29-30-32-35-38-41-44-47-50-57(67)73-60-59(69)58(68)56(51-64)72-62(60)71-52-53(54(65)48-45-42-39-36-34-31-23-20-17-14-11-8-5-2)63-61(70)55(66)49-46-43-40-37-33-24-21-18-15-12-9-6-3/h7,10,16,19,25-26,28-29,32-33,35,37,41,43-46,48,53-56,58-60,62,64-66,68-69H,4-6,8-9,11-15,17-18,20-24,27,30-31,34,36,38-40,42,47,49-52H2,1-3H3,(H,63,70)/b10-7-,19-16-,26-25-,29-28-,35-32-,37-33-,44-41-,46-43+,48-45+. The summed E-state index contributed by atoms with van der Waals surface area (Å²) in [4.78, 5) is 26.4. The molecule has 1 aliphatic rings. The Morgan fingerprint density at radius 3 is 1.48 bits per heavy atom. The van der Waals surface area contributed by atoms with Gasteiger partial charge in [0.25, 0.3) is 0 Å². The van der Waals surface area contributed by atoms with Crippen LogP contribution in [-0.4, -0.2) is 99.6 Å². The number of aliphatic hydroxyl groups is 5. The van der Waals surface area contributed by atoms with Gasteiger partial charge in [0.1, 0.15) is 24.4 Å². The van der Waals surface area contributed by atoms with Crippen molar-refractivity contribution < 1.29 is 49.3 Å². The third-order valence-electron chi connectivity index (χ3n) is 12.7. The van der Waals surface area contributed by atoms with E-state index in [1.807, 2.05) is 24.3 Å². The highest BCUT2D eigenvalue weighted by molar-refractivity contribution is 5.81. The number of hydrogen-bond acceptors (Lipinski definition) is 10. The lowest BCUT2D eigenvalue weighted by atomic mass is 9.99. The Balaban J connectivity index is 2.81. The molecule has 8 unspecified atom stereocenters. The van der Waals surface area contributed by atoms with Crippen LogP contribution in [0.1, 0.15) is 207 Å². The molecule has 8 atom stereocenters. The highest BCUT2D eigenvalue weighted by Gasteiger charge is 2.47. The van der Waals surface area contributed by atoms with E-state index in [0.29, 0.717) is 19.3 Å². The molecule has 1 rings (SSSR count). The predicted molar refractivity (Wildman–Crippen MR) is 301 cm³/mol. The largest absolute Gasteiger partial charge is 0.454 e. The second kappa shape index (κ2) is 49.2. The second-order valence-corrected chi connectivity index (χ2v) is 19.3. The fourth-order valence-corrected chi connectivity index (χ4v) is 8.13. The number of aliphatic hydroxyl groups excluding tert-OH is 5. The van der Waals surface area contributed by atoms with Crippen LogP contribution in [0, 0.1) is 0 Å². The molecule has 0 aliphatic carbocycles. The summed E-state index contributed by atoms with van der Waals surface area (Å²) in [5.41, 5.74) is 0. The molecule has 1 saturated heterocycles. The summed E-state index contributed by atoms with van der Waals surface area (Å²) in [5.74, 6) is -1.37.